The van der Waals surface area contributed by atoms with Crippen molar-refractivity contribution < 1.29 is 22.8 Å². The molecular formula is C25H31F3N2O2. The largest absolute Gasteiger partial charge is 0.334 e. The van der Waals surface area contributed by atoms with Gasteiger partial charge in [0.1, 0.15) is 0 Å². The number of benzene rings is 1. The van der Waals surface area contributed by atoms with Crippen LogP contribution >= 0.6 is 0 Å². The highest BCUT2D eigenvalue weighted by Crippen LogP contribution is 2.33. The monoisotopic (exact) mass is 448 g/mol. The Balaban J connectivity index is 2.42. The summed E-state index contributed by atoms with van der Waals surface area (Å²) in [6.45, 7) is 7.20. The molecule has 1 atom stereocenters. The molecule has 1 N–H and O–H groups in total. The number of anilines is 1. The normalized spacial score (nSPS) is 14.2. The Kier molecular flexibility index (Phi) is 8.10. The van der Waals surface area contributed by atoms with E-state index in [0.717, 1.165) is 0 Å². The van der Waals surface area contributed by atoms with Crippen LogP contribution < -0.4 is 5.32 Å². The predicted octanol–water partition coefficient (Wildman–Crippen LogP) is 6.57. The molecule has 0 spiro atoms. The molecule has 0 aliphatic carbocycles. The number of halogens is 3. The minimum atomic E-state index is -3.51. The number of allylic oxidation sites excluding steroid dienone is 4. The molecule has 0 saturated carbocycles. The molecule has 0 radical (unpaired) electrons. The molecule has 174 valence electrons. The summed E-state index contributed by atoms with van der Waals surface area (Å²) < 4.78 is 42.7. The van der Waals surface area contributed by atoms with E-state index in [0.29, 0.717) is 40.6 Å². The fourth-order valence-corrected chi connectivity index (χ4v) is 3.45. The molecule has 1 amide bonds. The van der Waals surface area contributed by atoms with Gasteiger partial charge in [0.25, 0.3) is 5.92 Å². The highest BCUT2D eigenvalue weighted by molar-refractivity contribution is 5.96. The first-order chi connectivity index (χ1) is 14.9. The first-order valence-electron chi connectivity index (χ1n) is 10.6. The predicted molar refractivity (Wildman–Crippen MR) is 123 cm³/mol. The van der Waals surface area contributed by atoms with Crippen LogP contribution in [0.5, 0.6) is 0 Å². The van der Waals surface area contributed by atoms with Gasteiger partial charge in [-0.2, -0.15) is 0 Å². The second kappa shape index (κ2) is 10.2. The first kappa shape index (κ1) is 25.4. The lowest BCUT2D eigenvalue weighted by molar-refractivity contribution is -0.117. The number of amides is 1. The van der Waals surface area contributed by atoms with Crippen molar-refractivity contribution in [2.75, 3.05) is 12.0 Å². The summed E-state index contributed by atoms with van der Waals surface area (Å²) >= 11 is 0. The molecule has 1 unspecified atom stereocenters. The molecule has 0 bridgehead atoms. The van der Waals surface area contributed by atoms with Gasteiger partial charge in [0.2, 0.25) is 5.91 Å². The van der Waals surface area contributed by atoms with Gasteiger partial charge < -0.3 is 9.88 Å². The Morgan fingerprint density at radius 3 is 2.47 bits per heavy atom. The fourth-order valence-electron chi connectivity index (χ4n) is 3.45. The van der Waals surface area contributed by atoms with Crippen molar-refractivity contribution in [2.24, 2.45) is 11.3 Å². The van der Waals surface area contributed by atoms with Crippen molar-refractivity contribution in [3.05, 3.63) is 53.8 Å². The third kappa shape index (κ3) is 6.34. The zero-order chi connectivity index (χ0) is 24.1. The van der Waals surface area contributed by atoms with Gasteiger partial charge in [0.05, 0.1) is 5.69 Å². The van der Waals surface area contributed by atoms with E-state index in [9.17, 15) is 22.8 Å². The second-order valence-electron chi connectivity index (χ2n) is 9.22. The number of alkyl halides is 3. The van der Waals surface area contributed by atoms with Crippen LogP contribution in [0.3, 0.4) is 0 Å². The smallest absolute Gasteiger partial charge is 0.282 e. The Morgan fingerprint density at radius 2 is 1.91 bits per heavy atom. The summed E-state index contributed by atoms with van der Waals surface area (Å²) in [4.78, 5) is 24.0. The number of fused-ring (bicyclic) bond motifs is 1. The van der Waals surface area contributed by atoms with Crippen molar-refractivity contribution in [2.45, 2.75) is 53.5 Å². The van der Waals surface area contributed by atoms with Crippen molar-refractivity contribution >= 4 is 28.8 Å². The number of rotatable bonds is 9. The number of hydrogen-bond donors (Lipinski definition) is 1. The van der Waals surface area contributed by atoms with E-state index in [1.54, 1.807) is 47.9 Å². The zero-order valence-electron chi connectivity index (χ0n) is 19.2. The Bertz CT molecular complexity index is 1030. The third-order valence-electron chi connectivity index (χ3n) is 5.24. The standard InChI is InChI=1S/C25H31F3N2O2/c1-6-7-8-18(17(2)25(27,28)16-26)14-30-21(15-31)12-19-11-20(9-10-22(19)30)29-23(32)13-24(3,4)5/h6-12,15,17H,13-14,16H2,1-5H3,(H,29,32)/b7-6-,18-8-. The molecule has 2 rings (SSSR count). The van der Waals surface area contributed by atoms with Crippen molar-refractivity contribution in [3.63, 3.8) is 0 Å². The molecule has 0 aliphatic heterocycles. The van der Waals surface area contributed by atoms with E-state index < -0.39 is 18.5 Å². The van der Waals surface area contributed by atoms with E-state index in [2.05, 4.69) is 5.32 Å². The quantitative estimate of drug-likeness (QED) is 0.348. The van der Waals surface area contributed by atoms with Crippen LogP contribution in [-0.4, -0.2) is 29.4 Å². The molecule has 32 heavy (non-hydrogen) atoms. The topological polar surface area (TPSA) is 51.1 Å². The second-order valence-corrected chi connectivity index (χ2v) is 9.22. The molecule has 1 aromatic heterocycles. The van der Waals surface area contributed by atoms with Crippen LogP contribution in [0.25, 0.3) is 10.9 Å². The molecule has 0 saturated heterocycles. The van der Waals surface area contributed by atoms with Crippen LogP contribution in [0.4, 0.5) is 18.9 Å². The van der Waals surface area contributed by atoms with E-state index >= 15 is 0 Å². The molecule has 0 fully saturated rings. The summed E-state index contributed by atoms with van der Waals surface area (Å²) in [7, 11) is 0. The van der Waals surface area contributed by atoms with Gasteiger partial charge in [-0.3, -0.25) is 9.59 Å². The zero-order valence-corrected chi connectivity index (χ0v) is 19.2. The molecule has 1 heterocycles. The molecule has 4 nitrogen and oxygen atoms in total. The molecule has 0 aliphatic rings. The minimum Gasteiger partial charge on any atom is -0.334 e. The van der Waals surface area contributed by atoms with Crippen LogP contribution in [-0.2, 0) is 11.3 Å². The number of nitrogens with zero attached hydrogens (tertiary/aromatic N) is 1. The molecule has 1 aromatic carbocycles. The van der Waals surface area contributed by atoms with E-state index in [1.807, 2.05) is 20.8 Å². The third-order valence-corrected chi connectivity index (χ3v) is 5.24. The van der Waals surface area contributed by atoms with Gasteiger partial charge in [-0.1, -0.05) is 45.9 Å². The Hall–Kier alpha value is -2.83. The SMILES string of the molecule is C/C=C\C=C(\Cn1c(C=O)cc2cc(NC(=O)CC(C)(C)C)ccc21)C(C)C(F)(F)CF. The maximum atomic E-state index is 14.1. The average Bonchev–Trinajstić information content (AvgIpc) is 3.05. The number of nitrogens with one attached hydrogen (secondary N) is 1. The molecule has 7 heteroatoms. The minimum absolute atomic E-state index is 0.00833. The number of hydrogen-bond acceptors (Lipinski definition) is 2. The van der Waals surface area contributed by atoms with Crippen molar-refractivity contribution in [1.82, 2.24) is 4.57 Å². The number of carbonyl (C=O) groups is 2. The van der Waals surface area contributed by atoms with E-state index in [1.165, 1.54) is 13.0 Å². The van der Waals surface area contributed by atoms with Crippen LogP contribution in [0, 0.1) is 11.3 Å². The number of aldehydes is 1. The van der Waals surface area contributed by atoms with E-state index in [-0.39, 0.29) is 17.9 Å². The van der Waals surface area contributed by atoms with Crippen LogP contribution in [0.15, 0.2) is 48.1 Å². The summed E-state index contributed by atoms with van der Waals surface area (Å²) in [5.74, 6) is -4.98. The van der Waals surface area contributed by atoms with Gasteiger partial charge in [-0.25, -0.2) is 13.2 Å². The highest BCUT2D eigenvalue weighted by Gasteiger charge is 2.38. The summed E-state index contributed by atoms with van der Waals surface area (Å²) in [6, 6.07) is 6.84. The van der Waals surface area contributed by atoms with Gasteiger partial charge in [0, 0.05) is 35.5 Å². The van der Waals surface area contributed by atoms with Gasteiger partial charge in [-0.05, 0) is 42.2 Å². The molecular weight excluding hydrogens is 417 g/mol. The molecule has 2 aromatic rings. The lowest BCUT2D eigenvalue weighted by atomic mass is 9.92. The van der Waals surface area contributed by atoms with Crippen molar-refractivity contribution in [3.8, 4) is 0 Å². The number of aromatic nitrogens is 1. The summed E-state index contributed by atoms with van der Waals surface area (Å²) in [6.07, 6.45) is 5.86. The maximum Gasteiger partial charge on any atom is 0.282 e. The average molecular weight is 449 g/mol. The van der Waals surface area contributed by atoms with Crippen LogP contribution in [0.1, 0.15) is 51.5 Å². The number of carbonyl (C=O) groups excluding carboxylic acids is 2. The van der Waals surface area contributed by atoms with Gasteiger partial charge >= 0.3 is 0 Å². The summed E-state index contributed by atoms with van der Waals surface area (Å²) in [5, 5.41) is 3.54. The first-order valence-corrected chi connectivity index (χ1v) is 10.6. The fraction of sp³-hybridized carbons (Fsp3) is 0.440. The van der Waals surface area contributed by atoms with Crippen molar-refractivity contribution in [1.29, 1.82) is 0 Å². The maximum absolute atomic E-state index is 14.1. The Morgan fingerprint density at radius 1 is 1.22 bits per heavy atom. The lowest BCUT2D eigenvalue weighted by Crippen LogP contribution is -2.31. The summed E-state index contributed by atoms with van der Waals surface area (Å²) in [5.41, 5.74) is 1.69. The lowest BCUT2D eigenvalue weighted by Gasteiger charge is -2.24. The highest BCUT2D eigenvalue weighted by atomic mass is 19.3. The van der Waals surface area contributed by atoms with Crippen LogP contribution in [0.2, 0.25) is 0 Å². The van der Waals surface area contributed by atoms with Gasteiger partial charge in [-0.15, -0.1) is 0 Å². The van der Waals surface area contributed by atoms with Gasteiger partial charge in [0.15, 0.2) is 13.0 Å². The van der Waals surface area contributed by atoms with E-state index in [4.69, 9.17) is 0 Å². The Labute approximate surface area is 187 Å².